The molecule has 3 heteroatoms. The predicted molar refractivity (Wildman–Crippen MR) is 59.1 cm³/mol. The summed E-state index contributed by atoms with van der Waals surface area (Å²) >= 11 is 0. The normalized spacial score (nSPS) is 12.4. The summed E-state index contributed by atoms with van der Waals surface area (Å²) in [6, 6.07) is 11.6. The van der Waals surface area contributed by atoms with Crippen molar-refractivity contribution in [1.82, 2.24) is 4.90 Å². The van der Waals surface area contributed by atoms with Crippen LogP contribution in [0.3, 0.4) is 0 Å². The highest BCUT2D eigenvalue weighted by Gasteiger charge is 2.09. The summed E-state index contributed by atoms with van der Waals surface area (Å²) in [6.45, 7) is 1.26. The fourth-order valence-corrected chi connectivity index (χ4v) is 1.41. The summed E-state index contributed by atoms with van der Waals surface area (Å²) in [5.41, 5.74) is 0.918. The summed E-state index contributed by atoms with van der Waals surface area (Å²) in [7, 11) is 1.91. The van der Waals surface area contributed by atoms with Gasteiger partial charge in [0.2, 0.25) is 0 Å². The maximum absolute atomic E-state index is 9.87. The number of rotatable bonds is 5. The Labute approximate surface area is 90.6 Å². The third-order valence-corrected chi connectivity index (χ3v) is 2.27. The molecule has 0 aromatic heterocycles. The zero-order valence-electron chi connectivity index (χ0n) is 8.93. The van der Waals surface area contributed by atoms with Gasteiger partial charge in [0, 0.05) is 19.5 Å². The van der Waals surface area contributed by atoms with Crippen molar-refractivity contribution < 1.29 is 5.11 Å². The van der Waals surface area contributed by atoms with E-state index in [0.717, 1.165) is 5.56 Å². The van der Waals surface area contributed by atoms with E-state index in [1.54, 1.807) is 0 Å². The Bertz CT molecular complexity index is 318. The lowest BCUT2D eigenvalue weighted by Crippen LogP contribution is -2.25. The van der Waals surface area contributed by atoms with Crippen LogP contribution in [-0.4, -0.2) is 30.1 Å². The van der Waals surface area contributed by atoms with Crippen molar-refractivity contribution in [1.29, 1.82) is 5.26 Å². The summed E-state index contributed by atoms with van der Waals surface area (Å²) in [6.07, 6.45) is 0.0211. The topological polar surface area (TPSA) is 47.3 Å². The third kappa shape index (κ3) is 4.11. The van der Waals surface area contributed by atoms with Gasteiger partial charge in [-0.3, -0.25) is 0 Å². The highest BCUT2D eigenvalue weighted by atomic mass is 16.3. The molecule has 0 saturated carbocycles. The van der Waals surface area contributed by atoms with Crippen LogP contribution >= 0.6 is 0 Å². The second kappa shape index (κ2) is 6.18. The quantitative estimate of drug-likeness (QED) is 0.791. The average Bonchev–Trinajstić information content (AvgIpc) is 2.27. The van der Waals surface area contributed by atoms with Gasteiger partial charge in [0.1, 0.15) is 0 Å². The first kappa shape index (κ1) is 11.7. The molecule has 0 aliphatic rings. The number of likely N-dealkylation sites (N-methyl/N-ethyl adjacent to an activating group) is 1. The molecule has 0 aliphatic heterocycles. The van der Waals surface area contributed by atoms with Crippen molar-refractivity contribution in [3.8, 4) is 6.07 Å². The fraction of sp³-hybridized carbons (Fsp3) is 0.417. The molecule has 0 saturated heterocycles. The second-order valence-electron chi connectivity index (χ2n) is 3.60. The van der Waals surface area contributed by atoms with Crippen LogP contribution in [0.5, 0.6) is 0 Å². The molecule has 0 spiro atoms. The maximum atomic E-state index is 9.87. The van der Waals surface area contributed by atoms with Gasteiger partial charge in [0.15, 0.2) is 0 Å². The van der Waals surface area contributed by atoms with Crippen LogP contribution in [0.25, 0.3) is 0 Å². The first-order valence-electron chi connectivity index (χ1n) is 5.02. The van der Waals surface area contributed by atoms with Crippen LogP contribution < -0.4 is 0 Å². The smallest absolute Gasteiger partial charge is 0.0916 e. The molecule has 0 fully saturated rings. The van der Waals surface area contributed by atoms with E-state index in [0.29, 0.717) is 19.5 Å². The number of benzene rings is 1. The van der Waals surface area contributed by atoms with Crippen LogP contribution in [0.15, 0.2) is 30.3 Å². The van der Waals surface area contributed by atoms with E-state index < -0.39 is 6.10 Å². The molecule has 0 bridgehead atoms. The number of hydrogen-bond donors (Lipinski definition) is 1. The highest BCUT2D eigenvalue weighted by molar-refractivity contribution is 5.17. The van der Waals surface area contributed by atoms with Gasteiger partial charge in [0.05, 0.1) is 12.2 Å². The number of aliphatic hydroxyl groups excluding tert-OH is 1. The van der Waals surface area contributed by atoms with E-state index in [1.807, 2.05) is 42.3 Å². The maximum Gasteiger partial charge on any atom is 0.0916 e. The molecule has 15 heavy (non-hydrogen) atoms. The standard InChI is InChI=1S/C12H16N2O/c1-14(9-5-8-13)10-12(15)11-6-3-2-4-7-11/h2-4,6-7,12,15H,5,9-10H2,1H3. The van der Waals surface area contributed by atoms with Crippen molar-refractivity contribution in [3.05, 3.63) is 35.9 Å². The number of nitrogens with zero attached hydrogens (tertiary/aromatic N) is 2. The SMILES string of the molecule is CN(CCC#N)CC(O)c1ccccc1. The predicted octanol–water partition coefficient (Wildman–Crippen LogP) is 1.57. The van der Waals surface area contributed by atoms with Crippen LogP contribution in [-0.2, 0) is 0 Å². The third-order valence-electron chi connectivity index (χ3n) is 2.27. The molecule has 0 radical (unpaired) electrons. The van der Waals surface area contributed by atoms with E-state index in [4.69, 9.17) is 5.26 Å². The Morgan fingerprint density at radius 2 is 2.07 bits per heavy atom. The van der Waals surface area contributed by atoms with Gasteiger partial charge in [-0.1, -0.05) is 30.3 Å². The van der Waals surface area contributed by atoms with E-state index in [1.165, 1.54) is 0 Å². The number of aliphatic hydroxyl groups is 1. The zero-order valence-corrected chi connectivity index (χ0v) is 8.93. The molecule has 1 aromatic rings. The van der Waals surface area contributed by atoms with E-state index in [9.17, 15) is 5.11 Å². The summed E-state index contributed by atoms with van der Waals surface area (Å²) < 4.78 is 0. The van der Waals surface area contributed by atoms with E-state index in [-0.39, 0.29) is 0 Å². The van der Waals surface area contributed by atoms with Crippen molar-refractivity contribution in [3.63, 3.8) is 0 Å². The van der Waals surface area contributed by atoms with Crippen LogP contribution in [0.2, 0.25) is 0 Å². The lowest BCUT2D eigenvalue weighted by atomic mass is 10.1. The number of nitriles is 1. The van der Waals surface area contributed by atoms with Gasteiger partial charge >= 0.3 is 0 Å². The monoisotopic (exact) mass is 204 g/mol. The molecule has 1 unspecified atom stereocenters. The molecule has 80 valence electrons. The summed E-state index contributed by atoms with van der Waals surface area (Å²) in [5.74, 6) is 0. The molecular formula is C12H16N2O. The van der Waals surface area contributed by atoms with Gasteiger partial charge in [-0.15, -0.1) is 0 Å². The molecular weight excluding hydrogens is 188 g/mol. The van der Waals surface area contributed by atoms with Crippen molar-refractivity contribution in [2.45, 2.75) is 12.5 Å². The van der Waals surface area contributed by atoms with Gasteiger partial charge in [0.25, 0.3) is 0 Å². The van der Waals surface area contributed by atoms with Gasteiger partial charge in [-0.25, -0.2) is 0 Å². The van der Waals surface area contributed by atoms with Crippen LogP contribution in [0, 0.1) is 11.3 Å². The summed E-state index contributed by atoms with van der Waals surface area (Å²) in [4.78, 5) is 1.96. The Morgan fingerprint density at radius 1 is 1.40 bits per heavy atom. The minimum atomic E-state index is -0.477. The first-order valence-corrected chi connectivity index (χ1v) is 5.02. The molecule has 1 N–H and O–H groups in total. The minimum absolute atomic E-state index is 0.477. The lowest BCUT2D eigenvalue weighted by molar-refractivity contribution is 0.128. The Morgan fingerprint density at radius 3 is 2.67 bits per heavy atom. The van der Waals surface area contributed by atoms with Crippen LogP contribution in [0.1, 0.15) is 18.1 Å². The summed E-state index contributed by atoms with van der Waals surface area (Å²) in [5, 5.41) is 18.3. The molecule has 0 heterocycles. The van der Waals surface area contributed by atoms with E-state index in [2.05, 4.69) is 6.07 Å². The van der Waals surface area contributed by atoms with Crippen molar-refractivity contribution >= 4 is 0 Å². The molecule has 0 amide bonds. The van der Waals surface area contributed by atoms with E-state index >= 15 is 0 Å². The van der Waals surface area contributed by atoms with Crippen LogP contribution in [0.4, 0.5) is 0 Å². The molecule has 1 rings (SSSR count). The molecule has 1 atom stereocenters. The van der Waals surface area contributed by atoms with Gasteiger partial charge in [-0.05, 0) is 12.6 Å². The van der Waals surface area contributed by atoms with Gasteiger partial charge in [-0.2, -0.15) is 5.26 Å². The second-order valence-corrected chi connectivity index (χ2v) is 3.60. The molecule has 0 aliphatic carbocycles. The number of hydrogen-bond acceptors (Lipinski definition) is 3. The highest BCUT2D eigenvalue weighted by Crippen LogP contribution is 2.12. The Hall–Kier alpha value is -1.37. The first-order chi connectivity index (χ1) is 7.24. The Balaban J connectivity index is 2.42. The van der Waals surface area contributed by atoms with Gasteiger partial charge < -0.3 is 10.0 Å². The molecule has 1 aromatic carbocycles. The van der Waals surface area contributed by atoms with Crippen molar-refractivity contribution in [2.24, 2.45) is 0 Å². The molecule has 3 nitrogen and oxygen atoms in total. The lowest BCUT2D eigenvalue weighted by Gasteiger charge is -2.19. The fourth-order valence-electron chi connectivity index (χ4n) is 1.41. The largest absolute Gasteiger partial charge is 0.387 e. The Kier molecular flexibility index (Phi) is 4.82. The minimum Gasteiger partial charge on any atom is -0.387 e. The van der Waals surface area contributed by atoms with Crippen molar-refractivity contribution in [2.75, 3.05) is 20.1 Å². The zero-order chi connectivity index (χ0) is 11.1. The average molecular weight is 204 g/mol.